The fourth-order valence-corrected chi connectivity index (χ4v) is 1.04. The fraction of sp³-hybridized carbons (Fsp3) is 0.111. The van der Waals surface area contributed by atoms with Gasteiger partial charge >= 0.3 is 0 Å². The Morgan fingerprint density at radius 3 is 3.00 bits per heavy atom. The molecule has 0 aliphatic heterocycles. The smallest absolute Gasteiger partial charge is 0.229 e. The first kappa shape index (κ1) is 10.5. The molecule has 1 amide bonds. The topological polar surface area (TPSA) is 76.2 Å². The number of primary amides is 1. The van der Waals surface area contributed by atoms with Gasteiger partial charge in [-0.25, -0.2) is 4.98 Å². The molecule has 72 valence electrons. The Labute approximate surface area is 89.3 Å². The van der Waals surface area contributed by atoms with Crippen molar-refractivity contribution in [2.24, 2.45) is 5.73 Å². The second-order valence-electron chi connectivity index (χ2n) is 2.45. The molecule has 0 unspecified atom stereocenters. The van der Waals surface area contributed by atoms with Crippen molar-refractivity contribution < 1.29 is 9.90 Å². The number of pyridine rings is 1. The van der Waals surface area contributed by atoms with Gasteiger partial charge in [-0.2, -0.15) is 0 Å². The molecule has 0 aliphatic carbocycles. The zero-order valence-electron chi connectivity index (χ0n) is 7.12. The molecule has 3 N–H and O–H groups in total. The summed E-state index contributed by atoms with van der Waals surface area (Å²) < 4.78 is 0.568. The maximum atomic E-state index is 10.4. The highest BCUT2D eigenvalue weighted by atomic mass is 79.9. The molecule has 14 heavy (non-hydrogen) atoms. The van der Waals surface area contributed by atoms with Crippen LogP contribution in [0.15, 0.2) is 16.7 Å². The van der Waals surface area contributed by atoms with Gasteiger partial charge in [0.25, 0.3) is 0 Å². The van der Waals surface area contributed by atoms with Crippen LogP contribution in [-0.2, 0) is 4.79 Å². The van der Waals surface area contributed by atoms with Gasteiger partial charge in [-0.15, -0.1) is 0 Å². The molecule has 0 aromatic carbocycles. The van der Waals surface area contributed by atoms with E-state index < -0.39 is 5.91 Å². The third-order valence-corrected chi connectivity index (χ3v) is 1.75. The first-order valence-corrected chi connectivity index (χ1v) is 4.51. The standard InChI is InChI=1S/C9H7BrN2O2/c10-8-5-4-7(13)6(12-8)2-1-3-9(11)14/h4-5,13H,3H2,(H2,11,14). The van der Waals surface area contributed by atoms with Gasteiger partial charge in [-0.3, -0.25) is 4.79 Å². The van der Waals surface area contributed by atoms with E-state index in [2.05, 4.69) is 32.8 Å². The van der Waals surface area contributed by atoms with Crippen molar-refractivity contribution in [1.29, 1.82) is 0 Å². The minimum absolute atomic E-state index is 0.0230. The third kappa shape index (κ3) is 3.07. The maximum Gasteiger partial charge on any atom is 0.229 e. The van der Waals surface area contributed by atoms with Crippen LogP contribution >= 0.6 is 15.9 Å². The van der Waals surface area contributed by atoms with E-state index >= 15 is 0 Å². The van der Waals surface area contributed by atoms with Crippen LogP contribution in [-0.4, -0.2) is 16.0 Å². The van der Waals surface area contributed by atoms with Crippen LogP contribution in [0.1, 0.15) is 12.1 Å². The van der Waals surface area contributed by atoms with Crippen molar-refractivity contribution >= 4 is 21.8 Å². The number of hydrogen-bond donors (Lipinski definition) is 2. The largest absolute Gasteiger partial charge is 0.505 e. The highest BCUT2D eigenvalue weighted by molar-refractivity contribution is 9.10. The van der Waals surface area contributed by atoms with Gasteiger partial charge in [0.1, 0.15) is 10.4 Å². The first-order chi connectivity index (χ1) is 6.59. The van der Waals surface area contributed by atoms with Crippen molar-refractivity contribution in [1.82, 2.24) is 4.98 Å². The van der Waals surface area contributed by atoms with Gasteiger partial charge in [0.15, 0.2) is 5.69 Å². The van der Waals surface area contributed by atoms with Crippen molar-refractivity contribution in [3.8, 4) is 17.6 Å². The van der Waals surface area contributed by atoms with E-state index in [1.54, 1.807) is 6.07 Å². The number of carbonyl (C=O) groups is 1. The quantitative estimate of drug-likeness (QED) is 0.575. The van der Waals surface area contributed by atoms with Crippen molar-refractivity contribution in [3.63, 3.8) is 0 Å². The van der Waals surface area contributed by atoms with Gasteiger partial charge < -0.3 is 10.8 Å². The number of nitrogens with two attached hydrogens (primary N) is 1. The molecule has 4 nitrogen and oxygen atoms in total. The summed E-state index contributed by atoms with van der Waals surface area (Å²) in [7, 11) is 0. The van der Waals surface area contributed by atoms with Gasteiger partial charge in [-0.05, 0) is 34.0 Å². The summed E-state index contributed by atoms with van der Waals surface area (Å²) in [5.41, 5.74) is 5.11. The summed E-state index contributed by atoms with van der Waals surface area (Å²) in [5, 5.41) is 9.30. The number of carbonyl (C=O) groups excluding carboxylic acids is 1. The van der Waals surface area contributed by atoms with Crippen LogP contribution in [0.3, 0.4) is 0 Å². The molecular formula is C9H7BrN2O2. The van der Waals surface area contributed by atoms with Gasteiger partial charge in [0, 0.05) is 0 Å². The monoisotopic (exact) mass is 254 g/mol. The Hall–Kier alpha value is -1.54. The molecular weight excluding hydrogens is 248 g/mol. The Kier molecular flexibility index (Phi) is 3.48. The molecule has 1 aromatic rings. The summed E-state index contributed by atoms with van der Waals surface area (Å²) >= 11 is 3.14. The number of aromatic nitrogens is 1. The summed E-state index contributed by atoms with van der Waals surface area (Å²) in [6.07, 6.45) is -0.0480. The molecule has 1 rings (SSSR count). The number of hydrogen-bond acceptors (Lipinski definition) is 3. The van der Waals surface area contributed by atoms with Gasteiger partial charge in [0.2, 0.25) is 5.91 Å². The zero-order chi connectivity index (χ0) is 10.6. The lowest BCUT2D eigenvalue weighted by Gasteiger charge is -1.95. The summed E-state index contributed by atoms with van der Waals surface area (Å²) in [6.45, 7) is 0. The molecule has 0 atom stereocenters. The normalized spacial score (nSPS) is 8.93. The van der Waals surface area contributed by atoms with Crippen LogP contribution in [0.25, 0.3) is 0 Å². The minimum atomic E-state index is -0.507. The van der Waals surface area contributed by atoms with E-state index in [4.69, 9.17) is 5.73 Å². The number of nitrogens with zero attached hydrogens (tertiary/aromatic N) is 1. The fourth-order valence-electron chi connectivity index (χ4n) is 0.735. The predicted molar refractivity (Wildman–Crippen MR) is 54.3 cm³/mol. The maximum absolute atomic E-state index is 10.4. The zero-order valence-corrected chi connectivity index (χ0v) is 8.71. The summed E-state index contributed by atoms with van der Waals surface area (Å²) in [5.74, 6) is 4.51. The van der Waals surface area contributed by atoms with E-state index in [0.29, 0.717) is 4.60 Å². The number of rotatable bonds is 1. The van der Waals surface area contributed by atoms with Crippen LogP contribution in [0.5, 0.6) is 5.75 Å². The Balaban J connectivity index is 2.88. The average molecular weight is 255 g/mol. The van der Waals surface area contributed by atoms with Crippen LogP contribution in [0.2, 0.25) is 0 Å². The minimum Gasteiger partial charge on any atom is -0.505 e. The Morgan fingerprint density at radius 1 is 1.64 bits per heavy atom. The highest BCUT2D eigenvalue weighted by Gasteiger charge is 1.99. The van der Waals surface area contributed by atoms with E-state index in [9.17, 15) is 9.90 Å². The van der Waals surface area contributed by atoms with E-state index in [1.165, 1.54) is 6.07 Å². The average Bonchev–Trinajstić information content (AvgIpc) is 2.10. The number of amides is 1. The molecule has 5 heteroatoms. The van der Waals surface area contributed by atoms with E-state index in [-0.39, 0.29) is 17.9 Å². The number of aromatic hydroxyl groups is 1. The van der Waals surface area contributed by atoms with E-state index in [0.717, 1.165) is 0 Å². The molecule has 0 saturated carbocycles. The Bertz CT molecular complexity index is 421. The summed E-state index contributed by atoms with van der Waals surface area (Å²) in [6, 6.07) is 3.06. The molecule has 0 aliphatic rings. The van der Waals surface area contributed by atoms with Crippen molar-refractivity contribution in [2.75, 3.05) is 0 Å². The van der Waals surface area contributed by atoms with Gasteiger partial charge in [-0.1, -0.05) is 5.92 Å². The predicted octanol–water partition coefficient (Wildman–Crippen LogP) is 0.777. The lowest BCUT2D eigenvalue weighted by molar-refractivity contribution is -0.117. The first-order valence-electron chi connectivity index (χ1n) is 3.72. The summed E-state index contributed by atoms with van der Waals surface area (Å²) in [4.78, 5) is 14.3. The molecule has 1 aromatic heterocycles. The Morgan fingerprint density at radius 2 is 2.36 bits per heavy atom. The van der Waals surface area contributed by atoms with Crippen molar-refractivity contribution in [2.45, 2.75) is 6.42 Å². The highest BCUT2D eigenvalue weighted by Crippen LogP contribution is 2.16. The number of halogens is 1. The molecule has 0 saturated heterocycles. The van der Waals surface area contributed by atoms with Crippen LogP contribution in [0.4, 0.5) is 0 Å². The molecule has 0 spiro atoms. The van der Waals surface area contributed by atoms with Crippen molar-refractivity contribution in [3.05, 3.63) is 22.4 Å². The van der Waals surface area contributed by atoms with Crippen LogP contribution in [0, 0.1) is 11.8 Å². The third-order valence-electron chi connectivity index (χ3n) is 1.31. The second-order valence-corrected chi connectivity index (χ2v) is 3.26. The molecule has 0 fully saturated rings. The molecule has 0 bridgehead atoms. The molecule has 1 heterocycles. The van der Waals surface area contributed by atoms with Crippen LogP contribution < -0.4 is 5.73 Å². The van der Waals surface area contributed by atoms with Gasteiger partial charge in [0.05, 0.1) is 6.42 Å². The lowest BCUT2D eigenvalue weighted by Crippen LogP contribution is -2.08. The van der Waals surface area contributed by atoms with E-state index in [1.807, 2.05) is 0 Å². The lowest BCUT2D eigenvalue weighted by atomic mass is 10.3. The second kappa shape index (κ2) is 4.63. The molecule has 0 radical (unpaired) electrons. The SMILES string of the molecule is NC(=O)CC#Cc1nc(Br)ccc1O.